The van der Waals surface area contributed by atoms with Crippen LogP contribution < -0.4 is 10.6 Å². The summed E-state index contributed by atoms with van der Waals surface area (Å²) >= 11 is 1.52. The van der Waals surface area contributed by atoms with Crippen LogP contribution in [0.25, 0.3) is 0 Å². The second-order valence-electron chi connectivity index (χ2n) is 4.29. The Bertz CT molecular complexity index is 638. The predicted octanol–water partition coefficient (Wildman–Crippen LogP) is 4.02. The summed E-state index contributed by atoms with van der Waals surface area (Å²) < 4.78 is 0. The van der Waals surface area contributed by atoms with E-state index in [9.17, 15) is 4.79 Å². The predicted molar refractivity (Wildman–Crippen MR) is 87.7 cm³/mol. The van der Waals surface area contributed by atoms with Crippen molar-refractivity contribution in [2.75, 3.05) is 0 Å². The molecule has 0 unspecified atom stereocenters. The van der Waals surface area contributed by atoms with Gasteiger partial charge < -0.3 is 0 Å². The molecule has 1 heterocycles. The van der Waals surface area contributed by atoms with Crippen molar-refractivity contribution in [2.24, 2.45) is 0 Å². The molecule has 0 aliphatic rings. The molecule has 0 bridgehead atoms. The second kappa shape index (κ2) is 6.13. The topological polar surface area (TPSA) is 17.1 Å². The van der Waals surface area contributed by atoms with Gasteiger partial charge in [-0.2, -0.15) is 0 Å². The lowest BCUT2D eigenvalue weighted by Crippen LogP contribution is -2.17. The number of carbonyl (C=O) groups excluding carboxylic acids is 1. The molecule has 3 aromatic rings. The van der Waals surface area contributed by atoms with Crippen molar-refractivity contribution >= 4 is 35.4 Å². The van der Waals surface area contributed by atoms with E-state index in [1.54, 1.807) is 0 Å². The Hall–Kier alpha value is -1.76. The first-order chi connectivity index (χ1) is 9.86. The minimum Gasteiger partial charge on any atom is -0.287 e. The third-order valence-electron chi connectivity index (χ3n) is 2.96. The van der Waals surface area contributed by atoms with Gasteiger partial charge in [0.05, 0.1) is 4.88 Å². The molecule has 1 aromatic heterocycles. The molecular formula is C17H13OPS. The zero-order valence-electron chi connectivity index (χ0n) is 10.8. The number of benzene rings is 2. The Labute approximate surface area is 123 Å². The molecule has 2 aromatic carbocycles. The molecule has 1 nitrogen and oxygen atoms in total. The van der Waals surface area contributed by atoms with E-state index in [2.05, 4.69) is 0 Å². The quantitative estimate of drug-likeness (QED) is 0.665. The zero-order chi connectivity index (χ0) is 13.8. The molecule has 3 heteroatoms. The highest BCUT2D eigenvalue weighted by Gasteiger charge is 2.24. The van der Waals surface area contributed by atoms with Crippen LogP contribution in [0.4, 0.5) is 0 Å². The summed E-state index contributed by atoms with van der Waals surface area (Å²) in [6, 6.07) is 24.0. The highest BCUT2D eigenvalue weighted by Crippen LogP contribution is 2.38. The fourth-order valence-corrected chi connectivity index (χ4v) is 5.04. The van der Waals surface area contributed by atoms with E-state index < -0.39 is 7.92 Å². The molecule has 3 rings (SSSR count). The summed E-state index contributed by atoms with van der Waals surface area (Å²) in [6.07, 6.45) is 0. The Kier molecular flexibility index (Phi) is 4.05. The molecule has 0 aliphatic heterocycles. The molecule has 0 amide bonds. The highest BCUT2D eigenvalue weighted by molar-refractivity contribution is 7.88. The highest BCUT2D eigenvalue weighted by atomic mass is 32.1. The van der Waals surface area contributed by atoms with Crippen molar-refractivity contribution in [1.82, 2.24) is 0 Å². The molecule has 0 saturated carbocycles. The normalized spacial score (nSPS) is 10.7. The average molecular weight is 296 g/mol. The van der Waals surface area contributed by atoms with E-state index in [4.69, 9.17) is 0 Å². The van der Waals surface area contributed by atoms with Crippen LogP contribution in [-0.2, 0) is 0 Å². The summed E-state index contributed by atoms with van der Waals surface area (Å²) in [7, 11) is -0.991. The van der Waals surface area contributed by atoms with Crippen LogP contribution in [0.3, 0.4) is 0 Å². The van der Waals surface area contributed by atoms with Crippen molar-refractivity contribution < 1.29 is 4.79 Å². The summed E-state index contributed by atoms with van der Waals surface area (Å²) in [5.74, 6) is 0. The van der Waals surface area contributed by atoms with Gasteiger partial charge in [-0.1, -0.05) is 66.7 Å². The largest absolute Gasteiger partial charge is 0.287 e. The van der Waals surface area contributed by atoms with E-state index in [0.29, 0.717) is 0 Å². The van der Waals surface area contributed by atoms with Gasteiger partial charge in [-0.3, -0.25) is 4.79 Å². The van der Waals surface area contributed by atoms with E-state index in [-0.39, 0.29) is 5.52 Å². The molecule has 0 N–H and O–H groups in total. The zero-order valence-corrected chi connectivity index (χ0v) is 12.5. The molecular weight excluding hydrogens is 283 g/mol. The smallest absolute Gasteiger partial charge is 0.202 e. The minimum absolute atomic E-state index is 0.229. The Morgan fingerprint density at radius 3 is 1.75 bits per heavy atom. The summed E-state index contributed by atoms with van der Waals surface area (Å²) in [5.41, 5.74) is 0.229. The van der Waals surface area contributed by atoms with Crippen molar-refractivity contribution in [3.8, 4) is 0 Å². The van der Waals surface area contributed by atoms with Gasteiger partial charge in [0, 0.05) is 7.92 Å². The van der Waals surface area contributed by atoms with Crippen molar-refractivity contribution in [2.45, 2.75) is 0 Å². The Balaban J connectivity index is 2.07. The van der Waals surface area contributed by atoms with Gasteiger partial charge in [0.2, 0.25) is 5.52 Å². The van der Waals surface area contributed by atoms with Crippen LogP contribution in [0.2, 0.25) is 0 Å². The third-order valence-corrected chi connectivity index (χ3v) is 6.26. The molecule has 0 fully saturated rings. The number of hydrogen-bond acceptors (Lipinski definition) is 2. The fraction of sp³-hybridized carbons (Fsp3) is 0. The summed E-state index contributed by atoms with van der Waals surface area (Å²) in [6.45, 7) is 0. The van der Waals surface area contributed by atoms with Crippen LogP contribution in [0.5, 0.6) is 0 Å². The Morgan fingerprint density at radius 1 is 0.750 bits per heavy atom. The van der Waals surface area contributed by atoms with Crippen LogP contribution in [0, 0.1) is 0 Å². The van der Waals surface area contributed by atoms with Gasteiger partial charge in [0.15, 0.2) is 0 Å². The molecule has 0 saturated heterocycles. The van der Waals surface area contributed by atoms with Crippen molar-refractivity contribution in [3.63, 3.8) is 0 Å². The first-order valence-electron chi connectivity index (χ1n) is 6.34. The number of rotatable bonds is 4. The summed E-state index contributed by atoms with van der Waals surface area (Å²) in [5, 5.41) is 4.16. The van der Waals surface area contributed by atoms with Gasteiger partial charge in [-0.15, -0.1) is 11.3 Å². The average Bonchev–Trinajstić information content (AvgIpc) is 3.04. The number of thiophene rings is 1. The number of hydrogen-bond donors (Lipinski definition) is 0. The van der Waals surface area contributed by atoms with E-state index in [1.165, 1.54) is 11.3 Å². The Morgan fingerprint density at radius 2 is 1.30 bits per heavy atom. The van der Waals surface area contributed by atoms with Crippen molar-refractivity contribution in [3.05, 3.63) is 83.1 Å². The molecule has 0 atom stereocenters. The fourth-order valence-electron chi connectivity index (χ4n) is 2.05. The first-order valence-corrected chi connectivity index (χ1v) is 8.56. The lowest BCUT2D eigenvalue weighted by molar-refractivity contribution is 0.108. The van der Waals surface area contributed by atoms with Gasteiger partial charge in [-0.05, 0) is 22.1 Å². The van der Waals surface area contributed by atoms with Crippen molar-refractivity contribution in [1.29, 1.82) is 0 Å². The van der Waals surface area contributed by atoms with Crippen LogP contribution in [-0.4, -0.2) is 5.52 Å². The van der Waals surface area contributed by atoms with Gasteiger partial charge in [0.1, 0.15) is 0 Å². The van der Waals surface area contributed by atoms with E-state index in [0.717, 1.165) is 15.5 Å². The monoisotopic (exact) mass is 296 g/mol. The summed E-state index contributed by atoms with van der Waals surface area (Å²) in [4.78, 5) is 13.7. The van der Waals surface area contributed by atoms with Crippen LogP contribution in [0.1, 0.15) is 9.67 Å². The molecule has 98 valence electrons. The molecule has 20 heavy (non-hydrogen) atoms. The minimum atomic E-state index is -0.991. The second-order valence-corrected chi connectivity index (χ2v) is 7.35. The first kappa shape index (κ1) is 13.2. The SMILES string of the molecule is O=C(c1cccs1)P(c1ccccc1)c1ccccc1. The maximum atomic E-state index is 12.8. The molecule has 0 spiro atoms. The van der Waals surface area contributed by atoms with Crippen LogP contribution >= 0.6 is 19.3 Å². The van der Waals surface area contributed by atoms with Gasteiger partial charge in [0.25, 0.3) is 0 Å². The maximum absolute atomic E-state index is 12.8. The molecule has 0 aliphatic carbocycles. The van der Waals surface area contributed by atoms with Gasteiger partial charge in [-0.25, -0.2) is 0 Å². The lowest BCUT2D eigenvalue weighted by atomic mass is 10.4. The number of carbonyl (C=O) groups is 1. The maximum Gasteiger partial charge on any atom is 0.202 e. The lowest BCUT2D eigenvalue weighted by Gasteiger charge is -2.16. The van der Waals surface area contributed by atoms with E-state index in [1.807, 2.05) is 78.2 Å². The standard InChI is InChI=1S/C17H13OPS/c18-17(16-12-7-13-20-16)19(14-8-3-1-4-9-14)15-10-5-2-6-11-15/h1-13H. The van der Waals surface area contributed by atoms with Crippen LogP contribution in [0.15, 0.2) is 78.2 Å². The van der Waals surface area contributed by atoms with Gasteiger partial charge >= 0.3 is 0 Å². The molecule has 0 radical (unpaired) electrons. The third kappa shape index (κ3) is 2.72. The van der Waals surface area contributed by atoms with E-state index >= 15 is 0 Å².